The lowest BCUT2D eigenvalue weighted by Gasteiger charge is -2.10. The lowest BCUT2D eigenvalue weighted by atomic mass is 10.1. The Balaban J connectivity index is 2.23. The van der Waals surface area contributed by atoms with Gasteiger partial charge in [-0.2, -0.15) is 5.21 Å². The predicted octanol–water partition coefficient (Wildman–Crippen LogP) is 0.437. The van der Waals surface area contributed by atoms with E-state index in [-0.39, 0.29) is 30.2 Å². The van der Waals surface area contributed by atoms with Gasteiger partial charge in [-0.3, -0.25) is 14.9 Å². The fourth-order valence-corrected chi connectivity index (χ4v) is 1.66. The first kappa shape index (κ1) is 14.4. The van der Waals surface area contributed by atoms with E-state index in [1.165, 1.54) is 18.2 Å². The zero-order valence-corrected chi connectivity index (χ0v) is 11.1. The van der Waals surface area contributed by atoms with Gasteiger partial charge in [-0.1, -0.05) is 11.3 Å². The molecule has 1 aromatic heterocycles. The lowest BCUT2D eigenvalue weighted by molar-refractivity contribution is -0.385. The van der Waals surface area contributed by atoms with Gasteiger partial charge in [0, 0.05) is 6.07 Å². The van der Waals surface area contributed by atoms with Crippen LogP contribution in [0.4, 0.5) is 5.69 Å². The first-order chi connectivity index (χ1) is 10.1. The fraction of sp³-hybridized carbons (Fsp3) is 0.273. The number of amides is 1. The summed E-state index contributed by atoms with van der Waals surface area (Å²) in [6.07, 6.45) is 0. The van der Waals surface area contributed by atoms with Crippen molar-refractivity contribution in [3.05, 3.63) is 39.7 Å². The Hall–Kier alpha value is -3.04. The van der Waals surface area contributed by atoms with Crippen molar-refractivity contribution < 1.29 is 14.5 Å². The molecule has 0 aliphatic rings. The highest BCUT2D eigenvalue weighted by Gasteiger charge is 2.23. The number of nitrogens with zero attached hydrogens (tertiary/aromatic N) is 4. The number of H-pyrrole nitrogens is 1. The van der Waals surface area contributed by atoms with Crippen LogP contribution in [-0.2, 0) is 6.54 Å². The maximum Gasteiger partial charge on any atom is 0.311 e. The van der Waals surface area contributed by atoms with Gasteiger partial charge in [-0.05, 0) is 13.0 Å². The van der Waals surface area contributed by atoms with E-state index in [0.29, 0.717) is 5.82 Å². The summed E-state index contributed by atoms with van der Waals surface area (Å²) in [5, 5.41) is 26.5. The number of rotatable bonds is 6. The summed E-state index contributed by atoms with van der Waals surface area (Å²) in [5.41, 5.74) is -0.182. The van der Waals surface area contributed by atoms with Crippen molar-refractivity contribution >= 4 is 11.6 Å². The van der Waals surface area contributed by atoms with E-state index in [1.54, 1.807) is 6.92 Å². The number of benzene rings is 1. The van der Waals surface area contributed by atoms with Gasteiger partial charge in [-0.15, -0.1) is 10.2 Å². The molecule has 1 aromatic carbocycles. The first-order valence-electron chi connectivity index (χ1n) is 6.04. The number of aromatic nitrogens is 4. The molecule has 0 bridgehead atoms. The molecule has 1 amide bonds. The van der Waals surface area contributed by atoms with Crippen molar-refractivity contribution in [3.63, 3.8) is 0 Å². The largest absolute Gasteiger partial charge is 0.487 e. The van der Waals surface area contributed by atoms with E-state index in [4.69, 9.17) is 4.74 Å². The van der Waals surface area contributed by atoms with E-state index in [1.807, 2.05) is 0 Å². The van der Waals surface area contributed by atoms with Crippen molar-refractivity contribution in [1.82, 2.24) is 25.9 Å². The quantitative estimate of drug-likeness (QED) is 0.582. The molecule has 10 heteroatoms. The van der Waals surface area contributed by atoms with Crippen LogP contribution in [0.15, 0.2) is 18.2 Å². The van der Waals surface area contributed by atoms with E-state index < -0.39 is 10.8 Å². The Kier molecular flexibility index (Phi) is 4.39. The second kappa shape index (κ2) is 6.41. The molecular formula is C11H12N6O4. The van der Waals surface area contributed by atoms with Gasteiger partial charge in [0.05, 0.1) is 23.6 Å². The predicted molar refractivity (Wildman–Crippen MR) is 69.6 cm³/mol. The molecule has 2 aromatic rings. The Labute approximate surface area is 118 Å². The number of carbonyl (C=O) groups is 1. The van der Waals surface area contributed by atoms with Crippen LogP contribution < -0.4 is 10.1 Å². The van der Waals surface area contributed by atoms with Gasteiger partial charge in [0.25, 0.3) is 5.91 Å². The molecular weight excluding hydrogens is 280 g/mol. The molecule has 0 fully saturated rings. The molecule has 2 rings (SSSR count). The fourth-order valence-electron chi connectivity index (χ4n) is 1.66. The van der Waals surface area contributed by atoms with Crippen LogP contribution in [0.25, 0.3) is 0 Å². The average Bonchev–Trinajstić information content (AvgIpc) is 2.98. The van der Waals surface area contributed by atoms with E-state index in [0.717, 1.165) is 0 Å². The monoisotopic (exact) mass is 292 g/mol. The second-order valence-electron chi connectivity index (χ2n) is 3.85. The van der Waals surface area contributed by atoms with Crippen LogP contribution in [0.1, 0.15) is 23.1 Å². The van der Waals surface area contributed by atoms with Gasteiger partial charge < -0.3 is 10.1 Å². The van der Waals surface area contributed by atoms with Gasteiger partial charge in [-0.25, -0.2) is 0 Å². The molecule has 0 saturated carbocycles. The van der Waals surface area contributed by atoms with Crippen molar-refractivity contribution in [1.29, 1.82) is 0 Å². The Morgan fingerprint density at radius 2 is 2.33 bits per heavy atom. The Bertz CT molecular complexity index is 642. The summed E-state index contributed by atoms with van der Waals surface area (Å²) < 4.78 is 5.24. The number of aromatic amines is 1. The van der Waals surface area contributed by atoms with Crippen LogP contribution in [0.3, 0.4) is 0 Å². The number of ether oxygens (including phenoxy) is 1. The van der Waals surface area contributed by atoms with E-state index in [9.17, 15) is 14.9 Å². The van der Waals surface area contributed by atoms with Gasteiger partial charge in [0.2, 0.25) is 5.75 Å². The standard InChI is InChI=1S/C11H12N6O4/c1-2-21-10-7(4-3-5-8(10)17(19)20)11(18)12-6-9-13-15-16-14-9/h3-5H,2,6H2,1H3,(H,12,18)(H,13,14,15,16). The third kappa shape index (κ3) is 3.29. The summed E-state index contributed by atoms with van der Waals surface area (Å²) in [6, 6.07) is 4.15. The van der Waals surface area contributed by atoms with Crippen molar-refractivity contribution in [2.24, 2.45) is 0 Å². The molecule has 0 radical (unpaired) electrons. The summed E-state index contributed by atoms with van der Waals surface area (Å²) >= 11 is 0. The number of tetrazole rings is 1. The Morgan fingerprint density at radius 3 is 2.95 bits per heavy atom. The molecule has 21 heavy (non-hydrogen) atoms. The highest BCUT2D eigenvalue weighted by molar-refractivity contribution is 5.98. The minimum atomic E-state index is -0.596. The summed E-state index contributed by atoms with van der Waals surface area (Å²) in [6.45, 7) is 1.93. The highest BCUT2D eigenvalue weighted by atomic mass is 16.6. The SMILES string of the molecule is CCOc1c(C(=O)NCc2nn[nH]n2)cccc1[N+](=O)[O-]. The van der Waals surface area contributed by atoms with Gasteiger partial charge in [0.15, 0.2) is 5.82 Å². The third-order valence-electron chi connectivity index (χ3n) is 2.52. The smallest absolute Gasteiger partial charge is 0.311 e. The maximum atomic E-state index is 12.1. The van der Waals surface area contributed by atoms with Crippen molar-refractivity contribution in [2.75, 3.05) is 6.61 Å². The van der Waals surface area contributed by atoms with Crippen LogP contribution in [0.2, 0.25) is 0 Å². The molecule has 1 heterocycles. The van der Waals surface area contributed by atoms with Crippen molar-refractivity contribution in [2.45, 2.75) is 13.5 Å². The second-order valence-corrected chi connectivity index (χ2v) is 3.85. The van der Waals surface area contributed by atoms with Crippen LogP contribution in [-0.4, -0.2) is 38.1 Å². The molecule has 0 aliphatic carbocycles. The van der Waals surface area contributed by atoms with Gasteiger partial charge >= 0.3 is 5.69 Å². The van der Waals surface area contributed by atoms with E-state index >= 15 is 0 Å². The number of para-hydroxylation sites is 1. The number of hydrogen-bond donors (Lipinski definition) is 2. The molecule has 110 valence electrons. The van der Waals surface area contributed by atoms with Gasteiger partial charge in [0.1, 0.15) is 0 Å². The number of carbonyl (C=O) groups excluding carboxylic acids is 1. The minimum absolute atomic E-state index is 0.0452. The molecule has 0 atom stereocenters. The topological polar surface area (TPSA) is 136 Å². The summed E-state index contributed by atoms with van der Waals surface area (Å²) in [5.74, 6) is -0.283. The summed E-state index contributed by atoms with van der Waals surface area (Å²) in [4.78, 5) is 22.5. The molecule has 0 spiro atoms. The maximum absolute atomic E-state index is 12.1. The average molecular weight is 292 g/mol. The number of nitro groups is 1. The molecule has 0 aliphatic heterocycles. The highest BCUT2D eigenvalue weighted by Crippen LogP contribution is 2.30. The minimum Gasteiger partial charge on any atom is -0.487 e. The van der Waals surface area contributed by atoms with Crippen LogP contribution >= 0.6 is 0 Å². The Morgan fingerprint density at radius 1 is 1.52 bits per heavy atom. The van der Waals surface area contributed by atoms with Crippen molar-refractivity contribution in [3.8, 4) is 5.75 Å². The number of hydrogen-bond acceptors (Lipinski definition) is 7. The first-order valence-corrected chi connectivity index (χ1v) is 6.04. The third-order valence-corrected chi connectivity index (χ3v) is 2.52. The van der Waals surface area contributed by atoms with Crippen LogP contribution in [0.5, 0.6) is 5.75 Å². The normalized spacial score (nSPS) is 10.1. The van der Waals surface area contributed by atoms with E-state index in [2.05, 4.69) is 25.9 Å². The molecule has 10 nitrogen and oxygen atoms in total. The molecule has 0 saturated heterocycles. The number of nitro benzene ring substituents is 1. The zero-order valence-electron chi connectivity index (χ0n) is 11.1. The summed E-state index contributed by atoms with van der Waals surface area (Å²) in [7, 11) is 0. The number of nitrogens with one attached hydrogen (secondary N) is 2. The molecule has 2 N–H and O–H groups in total. The molecule has 0 unspecified atom stereocenters. The lowest BCUT2D eigenvalue weighted by Crippen LogP contribution is -2.24. The van der Waals surface area contributed by atoms with Crippen LogP contribution in [0, 0.1) is 10.1 Å². The zero-order chi connectivity index (χ0) is 15.2.